The minimum atomic E-state index is 0.296. The molecular weight excluding hydrogens is 240 g/mol. The zero-order chi connectivity index (χ0) is 13.1. The summed E-state index contributed by atoms with van der Waals surface area (Å²) in [4.78, 5) is 4.37. The number of ether oxygens (including phenoxy) is 1. The Morgan fingerprint density at radius 2 is 2.21 bits per heavy atom. The third-order valence-electron chi connectivity index (χ3n) is 3.47. The average Bonchev–Trinajstić information content (AvgIpc) is 3.10. The molecule has 0 spiro atoms. The molecule has 1 saturated heterocycles. The van der Waals surface area contributed by atoms with Crippen LogP contribution in [0.5, 0.6) is 5.75 Å². The lowest BCUT2D eigenvalue weighted by atomic mass is 10.1. The van der Waals surface area contributed by atoms with Crippen LogP contribution in [0.25, 0.3) is 0 Å². The van der Waals surface area contributed by atoms with Crippen molar-refractivity contribution in [2.75, 3.05) is 13.7 Å². The fraction of sp³-hybridized carbons (Fsp3) is 0.400. The maximum absolute atomic E-state index is 5.82. The molecule has 0 amide bonds. The van der Waals surface area contributed by atoms with Crippen LogP contribution in [0.2, 0.25) is 0 Å². The van der Waals surface area contributed by atoms with Crippen molar-refractivity contribution >= 4 is 0 Å². The van der Waals surface area contributed by atoms with Crippen molar-refractivity contribution in [3.63, 3.8) is 0 Å². The lowest BCUT2D eigenvalue weighted by Gasteiger charge is -2.04. The number of oxazole rings is 1. The minimum absolute atomic E-state index is 0.296. The second-order valence-corrected chi connectivity index (χ2v) is 4.84. The molecule has 1 aliphatic heterocycles. The molecule has 1 N–H and O–H groups in total. The largest absolute Gasteiger partial charge is 0.497 e. The third-order valence-corrected chi connectivity index (χ3v) is 3.47. The van der Waals surface area contributed by atoms with Crippen LogP contribution in [-0.4, -0.2) is 18.6 Å². The maximum atomic E-state index is 5.82. The molecule has 1 fully saturated rings. The minimum Gasteiger partial charge on any atom is -0.497 e. The standard InChI is InChI=1S/C15H18N2O2/c1-18-12-6-4-11(5-7-12)9-13-10-17-15(19-13)14-3-2-8-16-14/h4-7,10,14,16H,2-3,8-9H2,1H3. The SMILES string of the molecule is COc1ccc(Cc2cnc(C3CCCN3)o2)cc1. The van der Waals surface area contributed by atoms with Crippen LogP contribution in [0.4, 0.5) is 0 Å². The molecule has 0 saturated carbocycles. The summed E-state index contributed by atoms with van der Waals surface area (Å²) in [6.45, 7) is 1.06. The molecule has 19 heavy (non-hydrogen) atoms. The van der Waals surface area contributed by atoms with Crippen LogP contribution in [0.15, 0.2) is 34.9 Å². The van der Waals surface area contributed by atoms with Gasteiger partial charge in [-0.2, -0.15) is 0 Å². The van der Waals surface area contributed by atoms with Crippen molar-refractivity contribution in [3.05, 3.63) is 47.7 Å². The summed E-state index contributed by atoms with van der Waals surface area (Å²) in [5, 5.41) is 3.39. The van der Waals surface area contributed by atoms with Crippen molar-refractivity contribution in [2.45, 2.75) is 25.3 Å². The van der Waals surface area contributed by atoms with Gasteiger partial charge in [0.15, 0.2) is 0 Å². The van der Waals surface area contributed by atoms with Gasteiger partial charge in [0.1, 0.15) is 11.5 Å². The number of nitrogens with zero attached hydrogens (tertiary/aromatic N) is 1. The van der Waals surface area contributed by atoms with Crippen LogP contribution in [0, 0.1) is 0 Å². The van der Waals surface area contributed by atoms with E-state index in [0.29, 0.717) is 6.04 Å². The van der Waals surface area contributed by atoms with Crippen molar-refractivity contribution in [1.82, 2.24) is 10.3 Å². The van der Waals surface area contributed by atoms with Crippen molar-refractivity contribution in [3.8, 4) is 5.75 Å². The number of hydrogen-bond donors (Lipinski definition) is 1. The zero-order valence-corrected chi connectivity index (χ0v) is 11.1. The lowest BCUT2D eigenvalue weighted by Crippen LogP contribution is -2.12. The summed E-state index contributed by atoms with van der Waals surface area (Å²) in [5.74, 6) is 2.60. The number of methoxy groups -OCH3 is 1. The summed E-state index contributed by atoms with van der Waals surface area (Å²) in [6.07, 6.45) is 4.91. The van der Waals surface area contributed by atoms with E-state index >= 15 is 0 Å². The van der Waals surface area contributed by atoms with Gasteiger partial charge in [-0.3, -0.25) is 0 Å². The quantitative estimate of drug-likeness (QED) is 0.916. The van der Waals surface area contributed by atoms with Gasteiger partial charge in [0.05, 0.1) is 19.3 Å². The molecule has 0 radical (unpaired) electrons. The Balaban J connectivity index is 1.68. The van der Waals surface area contributed by atoms with E-state index < -0.39 is 0 Å². The average molecular weight is 258 g/mol. The molecule has 1 aliphatic rings. The van der Waals surface area contributed by atoms with E-state index in [1.807, 2.05) is 18.3 Å². The Bertz CT molecular complexity index is 527. The van der Waals surface area contributed by atoms with E-state index in [9.17, 15) is 0 Å². The van der Waals surface area contributed by atoms with E-state index in [-0.39, 0.29) is 0 Å². The molecule has 0 bridgehead atoms. The van der Waals surface area contributed by atoms with Gasteiger partial charge in [-0.05, 0) is 37.1 Å². The van der Waals surface area contributed by atoms with E-state index in [2.05, 4.69) is 22.4 Å². The summed E-state index contributed by atoms with van der Waals surface area (Å²) in [6, 6.07) is 8.32. The molecule has 1 unspecified atom stereocenters. The first-order valence-electron chi connectivity index (χ1n) is 6.66. The Kier molecular flexibility index (Phi) is 3.51. The van der Waals surface area contributed by atoms with Crippen LogP contribution in [0.3, 0.4) is 0 Å². The topological polar surface area (TPSA) is 47.3 Å². The predicted molar refractivity (Wildman–Crippen MR) is 72.3 cm³/mol. The molecule has 1 atom stereocenters. The van der Waals surface area contributed by atoms with Gasteiger partial charge < -0.3 is 14.5 Å². The van der Waals surface area contributed by atoms with Gasteiger partial charge in [0.2, 0.25) is 5.89 Å². The van der Waals surface area contributed by atoms with Crippen LogP contribution in [0.1, 0.15) is 36.1 Å². The molecule has 2 aromatic rings. The maximum Gasteiger partial charge on any atom is 0.211 e. The number of aromatic nitrogens is 1. The molecule has 100 valence electrons. The third kappa shape index (κ3) is 2.79. The smallest absolute Gasteiger partial charge is 0.211 e. The highest BCUT2D eigenvalue weighted by Crippen LogP contribution is 2.23. The Morgan fingerprint density at radius 3 is 2.89 bits per heavy atom. The first kappa shape index (κ1) is 12.2. The number of benzene rings is 1. The van der Waals surface area contributed by atoms with E-state index in [4.69, 9.17) is 9.15 Å². The highest BCUT2D eigenvalue weighted by atomic mass is 16.5. The van der Waals surface area contributed by atoms with Gasteiger partial charge in [-0.25, -0.2) is 4.98 Å². The van der Waals surface area contributed by atoms with E-state index in [1.165, 1.54) is 12.0 Å². The molecule has 2 heterocycles. The molecule has 3 rings (SSSR count). The van der Waals surface area contributed by atoms with Crippen molar-refractivity contribution in [1.29, 1.82) is 0 Å². The number of rotatable bonds is 4. The molecule has 4 nitrogen and oxygen atoms in total. The molecule has 1 aromatic carbocycles. The summed E-state index contributed by atoms with van der Waals surface area (Å²) in [5.41, 5.74) is 1.20. The molecular formula is C15H18N2O2. The van der Waals surface area contributed by atoms with Gasteiger partial charge >= 0.3 is 0 Å². The van der Waals surface area contributed by atoms with Crippen LogP contribution in [-0.2, 0) is 6.42 Å². The Labute approximate surface area is 112 Å². The van der Waals surface area contributed by atoms with E-state index in [0.717, 1.165) is 36.8 Å². The fourth-order valence-electron chi connectivity index (χ4n) is 2.41. The number of hydrogen-bond acceptors (Lipinski definition) is 4. The zero-order valence-electron chi connectivity index (χ0n) is 11.1. The first-order chi connectivity index (χ1) is 9.35. The second kappa shape index (κ2) is 5.45. The summed E-state index contributed by atoms with van der Waals surface area (Å²) < 4.78 is 11.0. The Morgan fingerprint density at radius 1 is 1.37 bits per heavy atom. The second-order valence-electron chi connectivity index (χ2n) is 4.84. The highest BCUT2D eigenvalue weighted by molar-refractivity contribution is 5.29. The van der Waals surface area contributed by atoms with Crippen molar-refractivity contribution in [2.24, 2.45) is 0 Å². The van der Waals surface area contributed by atoms with Crippen molar-refractivity contribution < 1.29 is 9.15 Å². The summed E-state index contributed by atoms with van der Waals surface area (Å²) in [7, 11) is 1.67. The summed E-state index contributed by atoms with van der Waals surface area (Å²) >= 11 is 0. The molecule has 4 heteroatoms. The number of nitrogens with one attached hydrogen (secondary N) is 1. The lowest BCUT2D eigenvalue weighted by molar-refractivity contribution is 0.408. The van der Waals surface area contributed by atoms with Gasteiger partial charge in [-0.1, -0.05) is 12.1 Å². The predicted octanol–water partition coefficient (Wildman–Crippen LogP) is 2.70. The highest BCUT2D eigenvalue weighted by Gasteiger charge is 2.20. The van der Waals surface area contributed by atoms with Gasteiger partial charge in [0.25, 0.3) is 0 Å². The van der Waals surface area contributed by atoms with Gasteiger partial charge in [0, 0.05) is 6.42 Å². The van der Waals surface area contributed by atoms with E-state index in [1.54, 1.807) is 7.11 Å². The Hall–Kier alpha value is -1.81. The first-order valence-corrected chi connectivity index (χ1v) is 6.66. The fourth-order valence-corrected chi connectivity index (χ4v) is 2.41. The molecule has 0 aliphatic carbocycles. The molecule has 1 aromatic heterocycles. The van der Waals surface area contributed by atoms with Crippen LogP contribution >= 0.6 is 0 Å². The van der Waals surface area contributed by atoms with Gasteiger partial charge in [-0.15, -0.1) is 0 Å². The van der Waals surface area contributed by atoms with Crippen LogP contribution < -0.4 is 10.1 Å². The normalized spacial score (nSPS) is 18.7. The monoisotopic (exact) mass is 258 g/mol.